The number of carbonyl (C=O) groups is 1. The number of hydrogen-bond acceptors (Lipinski definition) is 3. The number of aromatic hydroxyl groups is 1. The Kier molecular flexibility index (Phi) is 4.20. The van der Waals surface area contributed by atoms with Crippen LogP contribution < -0.4 is 0 Å². The van der Waals surface area contributed by atoms with Crippen LogP contribution in [0.4, 0.5) is 4.79 Å². The predicted octanol–water partition coefficient (Wildman–Crippen LogP) is 5.02. The molecule has 2 aromatic carbocycles. The van der Waals surface area contributed by atoms with Gasteiger partial charge in [-0.1, -0.05) is 23.7 Å². The predicted molar refractivity (Wildman–Crippen MR) is 108 cm³/mol. The van der Waals surface area contributed by atoms with Crippen molar-refractivity contribution in [2.45, 2.75) is 25.3 Å². The van der Waals surface area contributed by atoms with E-state index >= 15 is 0 Å². The fourth-order valence-corrected chi connectivity index (χ4v) is 4.19. The van der Waals surface area contributed by atoms with Gasteiger partial charge in [-0.2, -0.15) is 0 Å². The molecular formula is C22H21ClN2O3. The average Bonchev–Trinajstić information content (AvgIpc) is 3.46. The quantitative estimate of drug-likeness (QED) is 0.653. The van der Waals surface area contributed by atoms with Gasteiger partial charge in [0.05, 0.1) is 6.61 Å². The highest BCUT2D eigenvalue weighted by Gasteiger charge is 2.36. The lowest BCUT2D eigenvalue weighted by Gasteiger charge is -2.35. The first-order valence-corrected chi connectivity index (χ1v) is 10.0. The second-order valence-corrected chi connectivity index (χ2v) is 8.10. The first-order valence-electron chi connectivity index (χ1n) is 9.62. The highest BCUT2D eigenvalue weighted by Crippen LogP contribution is 2.40. The molecule has 2 aliphatic rings. The Hall–Kier alpha value is -2.66. The Morgan fingerprint density at radius 2 is 2.00 bits per heavy atom. The van der Waals surface area contributed by atoms with Crippen molar-refractivity contribution >= 4 is 28.6 Å². The van der Waals surface area contributed by atoms with Gasteiger partial charge in [0.2, 0.25) is 0 Å². The van der Waals surface area contributed by atoms with Crippen molar-refractivity contribution in [3.8, 4) is 5.75 Å². The van der Waals surface area contributed by atoms with Crippen LogP contribution in [0.3, 0.4) is 0 Å². The van der Waals surface area contributed by atoms with Crippen molar-refractivity contribution in [2.24, 2.45) is 5.92 Å². The van der Waals surface area contributed by atoms with Crippen molar-refractivity contribution in [3.63, 3.8) is 0 Å². The van der Waals surface area contributed by atoms with Gasteiger partial charge < -0.3 is 14.8 Å². The Morgan fingerprint density at radius 3 is 2.75 bits per heavy atom. The SMILES string of the molecule is O=C(OCC1CC1)N1CCc2c([nH]c3ccc(Cl)cc23)C1c1ccc(O)cc1. The van der Waals surface area contributed by atoms with E-state index in [-0.39, 0.29) is 17.9 Å². The number of halogens is 1. The molecule has 1 unspecified atom stereocenters. The summed E-state index contributed by atoms with van der Waals surface area (Å²) in [5.41, 5.74) is 4.10. The van der Waals surface area contributed by atoms with Gasteiger partial charge in [0, 0.05) is 28.2 Å². The molecule has 0 bridgehead atoms. The molecule has 6 heteroatoms. The van der Waals surface area contributed by atoms with Gasteiger partial charge in [0.25, 0.3) is 0 Å². The molecule has 0 saturated heterocycles. The molecule has 2 heterocycles. The van der Waals surface area contributed by atoms with Crippen LogP contribution in [0.2, 0.25) is 5.02 Å². The molecule has 3 aromatic rings. The molecule has 28 heavy (non-hydrogen) atoms. The van der Waals surface area contributed by atoms with Crippen LogP contribution in [0.1, 0.15) is 35.7 Å². The summed E-state index contributed by atoms with van der Waals surface area (Å²) in [6.07, 6.45) is 2.73. The number of nitrogens with zero attached hydrogens (tertiary/aromatic N) is 1. The van der Waals surface area contributed by atoms with E-state index in [1.807, 2.05) is 30.3 Å². The smallest absolute Gasteiger partial charge is 0.410 e. The molecule has 1 fully saturated rings. The molecule has 5 nitrogen and oxygen atoms in total. The Labute approximate surface area is 167 Å². The number of carbonyl (C=O) groups excluding carboxylic acids is 1. The van der Waals surface area contributed by atoms with E-state index in [1.54, 1.807) is 17.0 Å². The summed E-state index contributed by atoms with van der Waals surface area (Å²) >= 11 is 6.22. The van der Waals surface area contributed by atoms with E-state index in [0.29, 0.717) is 24.1 Å². The highest BCUT2D eigenvalue weighted by atomic mass is 35.5. The number of aromatic amines is 1. The maximum Gasteiger partial charge on any atom is 0.410 e. The molecule has 1 atom stereocenters. The number of rotatable bonds is 3. The maximum atomic E-state index is 12.9. The van der Waals surface area contributed by atoms with Crippen molar-refractivity contribution < 1.29 is 14.6 Å². The number of phenolic OH excluding ortho intramolecular Hbond substituents is 1. The second kappa shape index (κ2) is 6.74. The summed E-state index contributed by atoms with van der Waals surface area (Å²) in [4.78, 5) is 18.2. The van der Waals surface area contributed by atoms with Gasteiger partial charge in [-0.25, -0.2) is 4.79 Å². The topological polar surface area (TPSA) is 65.6 Å². The summed E-state index contributed by atoms with van der Waals surface area (Å²) in [6.45, 7) is 1.06. The van der Waals surface area contributed by atoms with E-state index in [9.17, 15) is 9.90 Å². The van der Waals surface area contributed by atoms with Crippen LogP contribution in [-0.2, 0) is 11.2 Å². The molecule has 5 rings (SSSR count). The Balaban J connectivity index is 1.58. The van der Waals surface area contributed by atoms with Gasteiger partial charge in [-0.05, 0) is 66.6 Å². The van der Waals surface area contributed by atoms with E-state index in [1.165, 1.54) is 5.56 Å². The number of amides is 1. The summed E-state index contributed by atoms with van der Waals surface area (Å²) in [5, 5.41) is 11.5. The summed E-state index contributed by atoms with van der Waals surface area (Å²) < 4.78 is 5.59. The number of aromatic nitrogens is 1. The lowest BCUT2D eigenvalue weighted by Crippen LogP contribution is -2.41. The zero-order chi connectivity index (χ0) is 19.3. The van der Waals surface area contributed by atoms with Gasteiger partial charge in [-0.15, -0.1) is 0 Å². The van der Waals surface area contributed by atoms with E-state index in [2.05, 4.69) is 4.98 Å². The zero-order valence-corrected chi connectivity index (χ0v) is 16.1. The summed E-state index contributed by atoms with van der Waals surface area (Å²) in [5.74, 6) is 0.720. The Bertz CT molecular complexity index is 1040. The van der Waals surface area contributed by atoms with Crippen molar-refractivity contribution in [1.82, 2.24) is 9.88 Å². The lowest BCUT2D eigenvalue weighted by atomic mass is 9.92. The molecule has 1 aliphatic carbocycles. The largest absolute Gasteiger partial charge is 0.508 e. The highest BCUT2D eigenvalue weighted by molar-refractivity contribution is 6.31. The minimum Gasteiger partial charge on any atom is -0.508 e. The van der Waals surface area contributed by atoms with Crippen molar-refractivity contribution in [3.05, 3.63) is 64.3 Å². The van der Waals surface area contributed by atoms with Crippen LogP contribution in [0.15, 0.2) is 42.5 Å². The lowest BCUT2D eigenvalue weighted by molar-refractivity contribution is 0.0852. The van der Waals surface area contributed by atoms with Crippen LogP contribution in [0.25, 0.3) is 10.9 Å². The third kappa shape index (κ3) is 3.10. The average molecular weight is 397 g/mol. The van der Waals surface area contributed by atoms with Crippen LogP contribution in [0, 0.1) is 5.92 Å². The maximum absolute atomic E-state index is 12.9. The molecule has 1 amide bonds. The fraction of sp³-hybridized carbons (Fsp3) is 0.318. The van der Waals surface area contributed by atoms with Gasteiger partial charge in [0.1, 0.15) is 11.8 Å². The van der Waals surface area contributed by atoms with Gasteiger partial charge in [0.15, 0.2) is 0 Å². The molecule has 0 radical (unpaired) electrons. The van der Waals surface area contributed by atoms with Crippen LogP contribution in [0.5, 0.6) is 5.75 Å². The van der Waals surface area contributed by atoms with E-state index < -0.39 is 0 Å². The standard InChI is InChI=1S/C22H21ClN2O3/c23-15-5-8-19-18(11-15)17-9-10-25(22(27)28-12-13-1-2-13)21(20(17)24-19)14-3-6-16(26)7-4-14/h3-8,11,13,21,24,26H,1-2,9-10,12H2. The molecule has 1 aliphatic heterocycles. The number of H-pyrrole nitrogens is 1. The first-order chi connectivity index (χ1) is 13.6. The summed E-state index contributed by atoms with van der Waals surface area (Å²) in [7, 11) is 0. The Morgan fingerprint density at radius 1 is 1.21 bits per heavy atom. The number of benzene rings is 2. The molecule has 144 valence electrons. The van der Waals surface area contributed by atoms with Crippen LogP contribution in [-0.4, -0.2) is 34.2 Å². The third-order valence-electron chi connectivity index (χ3n) is 5.67. The third-order valence-corrected chi connectivity index (χ3v) is 5.91. The van der Waals surface area contributed by atoms with Crippen molar-refractivity contribution in [2.75, 3.05) is 13.2 Å². The zero-order valence-electron chi connectivity index (χ0n) is 15.3. The minimum atomic E-state index is -0.290. The van der Waals surface area contributed by atoms with Gasteiger partial charge >= 0.3 is 6.09 Å². The molecular weight excluding hydrogens is 376 g/mol. The summed E-state index contributed by atoms with van der Waals surface area (Å²) in [6, 6.07) is 12.5. The molecule has 1 saturated carbocycles. The monoisotopic (exact) mass is 396 g/mol. The fourth-order valence-electron chi connectivity index (χ4n) is 4.02. The number of fused-ring (bicyclic) bond motifs is 3. The number of hydrogen-bond donors (Lipinski definition) is 2. The van der Waals surface area contributed by atoms with E-state index in [4.69, 9.17) is 16.3 Å². The van der Waals surface area contributed by atoms with E-state index in [0.717, 1.165) is 41.4 Å². The molecule has 1 aromatic heterocycles. The molecule has 2 N–H and O–H groups in total. The number of ether oxygens (including phenoxy) is 1. The minimum absolute atomic E-state index is 0.200. The second-order valence-electron chi connectivity index (χ2n) is 7.66. The number of phenols is 1. The normalized spacial score (nSPS) is 18.9. The van der Waals surface area contributed by atoms with Gasteiger partial charge in [-0.3, -0.25) is 4.90 Å². The number of nitrogens with one attached hydrogen (secondary N) is 1. The first kappa shape index (κ1) is 17.4. The molecule has 0 spiro atoms. The van der Waals surface area contributed by atoms with Crippen molar-refractivity contribution in [1.29, 1.82) is 0 Å². The van der Waals surface area contributed by atoms with Crippen LogP contribution >= 0.6 is 11.6 Å².